The predicted molar refractivity (Wildman–Crippen MR) is 76.2 cm³/mol. The van der Waals surface area contributed by atoms with Crippen molar-refractivity contribution in [2.75, 3.05) is 6.61 Å². The molecule has 2 nitrogen and oxygen atoms in total. The van der Waals surface area contributed by atoms with Gasteiger partial charge in [-0.3, -0.25) is 0 Å². The lowest BCUT2D eigenvalue weighted by Crippen LogP contribution is -2.35. The Morgan fingerprint density at radius 2 is 2.11 bits per heavy atom. The summed E-state index contributed by atoms with van der Waals surface area (Å²) >= 11 is 0. The van der Waals surface area contributed by atoms with Gasteiger partial charge in [-0.25, -0.2) is 0 Å². The summed E-state index contributed by atoms with van der Waals surface area (Å²) in [7, 11) is 0. The molecule has 0 radical (unpaired) electrons. The van der Waals surface area contributed by atoms with Crippen LogP contribution in [0.2, 0.25) is 0 Å². The quantitative estimate of drug-likeness (QED) is 0.900. The van der Waals surface area contributed by atoms with Crippen molar-refractivity contribution in [3.63, 3.8) is 0 Å². The highest BCUT2D eigenvalue weighted by atomic mass is 16.5. The summed E-state index contributed by atoms with van der Waals surface area (Å²) in [6.45, 7) is 0.933. The first-order valence-electron chi connectivity index (χ1n) is 7.66. The molecule has 1 aromatic rings. The molecule has 0 aromatic heterocycles. The second kappa shape index (κ2) is 5.64. The highest BCUT2D eigenvalue weighted by molar-refractivity contribution is 5.31. The van der Waals surface area contributed by atoms with Gasteiger partial charge >= 0.3 is 0 Å². The lowest BCUT2D eigenvalue weighted by Gasteiger charge is -2.34. The van der Waals surface area contributed by atoms with Crippen LogP contribution in [-0.4, -0.2) is 23.4 Å². The Morgan fingerprint density at radius 1 is 1.26 bits per heavy atom. The summed E-state index contributed by atoms with van der Waals surface area (Å²) in [5, 5.41) is 10.8. The molecule has 1 aliphatic heterocycles. The van der Waals surface area contributed by atoms with E-state index < -0.39 is 5.60 Å². The Morgan fingerprint density at radius 3 is 2.89 bits per heavy atom. The van der Waals surface area contributed by atoms with Gasteiger partial charge in [0.15, 0.2) is 0 Å². The molecule has 0 bridgehead atoms. The minimum atomic E-state index is -0.479. The minimum Gasteiger partial charge on any atom is -0.390 e. The number of rotatable bonds is 4. The smallest absolute Gasteiger partial charge is 0.0691 e. The zero-order chi connectivity index (χ0) is 13.1. The van der Waals surface area contributed by atoms with Gasteiger partial charge in [-0.05, 0) is 56.1 Å². The van der Waals surface area contributed by atoms with E-state index in [2.05, 4.69) is 24.3 Å². The van der Waals surface area contributed by atoms with Crippen molar-refractivity contribution in [1.82, 2.24) is 0 Å². The van der Waals surface area contributed by atoms with E-state index in [9.17, 15) is 5.11 Å². The van der Waals surface area contributed by atoms with Gasteiger partial charge in [-0.15, -0.1) is 0 Å². The van der Waals surface area contributed by atoms with E-state index >= 15 is 0 Å². The molecule has 1 saturated heterocycles. The fourth-order valence-corrected chi connectivity index (χ4v) is 3.53. The van der Waals surface area contributed by atoms with Crippen LogP contribution in [0.1, 0.15) is 49.7 Å². The van der Waals surface area contributed by atoms with Crippen LogP contribution in [-0.2, 0) is 17.6 Å². The van der Waals surface area contributed by atoms with E-state index in [4.69, 9.17) is 4.74 Å². The highest BCUT2D eigenvalue weighted by Gasteiger charge is 2.31. The molecule has 2 heteroatoms. The zero-order valence-electron chi connectivity index (χ0n) is 11.6. The molecule has 2 atom stereocenters. The minimum absolute atomic E-state index is 0.458. The summed E-state index contributed by atoms with van der Waals surface area (Å²) in [6.07, 6.45) is 8.76. The maximum absolute atomic E-state index is 10.8. The van der Waals surface area contributed by atoms with Crippen LogP contribution in [0, 0.1) is 0 Å². The maximum atomic E-state index is 10.8. The summed E-state index contributed by atoms with van der Waals surface area (Å²) < 4.78 is 5.65. The molecule has 1 aliphatic carbocycles. The largest absolute Gasteiger partial charge is 0.390 e. The summed E-state index contributed by atoms with van der Waals surface area (Å²) in [4.78, 5) is 0. The molecule has 0 spiro atoms. The standard InChI is InChI=1S/C17H24O2/c18-17(10-3-7-16-8-4-12-19-16)11-9-14-5-1-2-6-15(14)13-17/h1-2,5-6,16,18H,3-4,7-13H2. The summed E-state index contributed by atoms with van der Waals surface area (Å²) in [5.74, 6) is 0. The van der Waals surface area contributed by atoms with Crippen molar-refractivity contribution in [2.24, 2.45) is 0 Å². The number of ether oxygens (including phenoxy) is 1. The number of fused-ring (bicyclic) bond motifs is 1. The van der Waals surface area contributed by atoms with Gasteiger partial charge in [0.05, 0.1) is 11.7 Å². The van der Waals surface area contributed by atoms with Gasteiger partial charge in [-0.1, -0.05) is 24.3 Å². The SMILES string of the molecule is OC1(CCCC2CCCO2)CCc2ccccc2C1. The van der Waals surface area contributed by atoms with Crippen LogP contribution in [0.15, 0.2) is 24.3 Å². The molecule has 1 aromatic carbocycles. The van der Waals surface area contributed by atoms with Crippen molar-refractivity contribution in [2.45, 2.75) is 63.1 Å². The van der Waals surface area contributed by atoms with E-state index in [1.54, 1.807) is 0 Å². The fourth-order valence-electron chi connectivity index (χ4n) is 3.53. The van der Waals surface area contributed by atoms with E-state index in [1.807, 2.05) is 0 Å². The molecule has 104 valence electrons. The highest BCUT2D eigenvalue weighted by Crippen LogP contribution is 2.33. The van der Waals surface area contributed by atoms with E-state index in [0.29, 0.717) is 6.10 Å². The van der Waals surface area contributed by atoms with Gasteiger partial charge in [0.25, 0.3) is 0 Å². The second-order valence-electron chi connectivity index (χ2n) is 6.20. The number of aliphatic hydroxyl groups is 1. The van der Waals surface area contributed by atoms with Gasteiger partial charge in [-0.2, -0.15) is 0 Å². The first-order valence-corrected chi connectivity index (χ1v) is 7.66. The van der Waals surface area contributed by atoms with Gasteiger partial charge in [0.1, 0.15) is 0 Å². The molecule has 1 N–H and O–H groups in total. The molecule has 0 saturated carbocycles. The van der Waals surface area contributed by atoms with Crippen LogP contribution >= 0.6 is 0 Å². The molecule has 1 heterocycles. The average molecular weight is 260 g/mol. The van der Waals surface area contributed by atoms with E-state index in [-0.39, 0.29) is 0 Å². The van der Waals surface area contributed by atoms with Crippen molar-refractivity contribution in [1.29, 1.82) is 0 Å². The Kier molecular flexibility index (Phi) is 3.90. The van der Waals surface area contributed by atoms with Crippen molar-refractivity contribution >= 4 is 0 Å². The Bertz CT molecular complexity index is 423. The van der Waals surface area contributed by atoms with E-state index in [1.165, 1.54) is 24.0 Å². The van der Waals surface area contributed by atoms with Crippen LogP contribution in [0.25, 0.3) is 0 Å². The normalized spacial score (nSPS) is 30.3. The van der Waals surface area contributed by atoms with Crippen molar-refractivity contribution in [3.05, 3.63) is 35.4 Å². The number of benzene rings is 1. The average Bonchev–Trinajstić information content (AvgIpc) is 2.91. The summed E-state index contributed by atoms with van der Waals surface area (Å²) in [6, 6.07) is 8.54. The molecule has 2 unspecified atom stereocenters. The molecular weight excluding hydrogens is 236 g/mol. The molecule has 2 aliphatic rings. The van der Waals surface area contributed by atoms with Crippen molar-refractivity contribution < 1.29 is 9.84 Å². The van der Waals surface area contributed by atoms with Crippen LogP contribution in [0.5, 0.6) is 0 Å². The van der Waals surface area contributed by atoms with E-state index in [0.717, 1.165) is 45.1 Å². The number of hydrogen-bond acceptors (Lipinski definition) is 2. The Balaban J connectivity index is 1.53. The summed E-state index contributed by atoms with van der Waals surface area (Å²) in [5.41, 5.74) is 2.28. The fraction of sp³-hybridized carbons (Fsp3) is 0.647. The first-order chi connectivity index (χ1) is 9.25. The second-order valence-corrected chi connectivity index (χ2v) is 6.20. The molecule has 19 heavy (non-hydrogen) atoms. The third-order valence-corrected chi connectivity index (χ3v) is 4.69. The van der Waals surface area contributed by atoms with Gasteiger partial charge in [0.2, 0.25) is 0 Å². The topological polar surface area (TPSA) is 29.5 Å². The molecule has 1 fully saturated rings. The van der Waals surface area contributed by atoms with Crippen LogP contribution < -0.4 is 0 Å². The monoisotopic (exact) mass is 260 g/mol. The zero-order valence-corrected chi connectivity index (χ0v) is 11.6. The lowest BCUT2D eigenvalue weighted by molar-refractivity contribution is 0.0109. The third kappa shape index (κ3) is 3.18. The first kappa shape index (κ1) is 13.1. The lowest BCUT2D eigenvalue weighted by atomic mass is 9.77. The maximum Gasteiger partial charge on any atom is 0.0691 e. The van der Waals surface area contributed by atoms with Crippen molar-refractivity contribution in [3.8, 4) is 0 Å². The number of hydrogen-bond donors (Lipinski definition) is 1. The molecule has 3 rings (SSSR count). The number of aryl methyl sites for hydroxylation is 1. The van der Waals surface area contributed by atoms with Crippen LogP contribution in [0.3, 0.4) is 0 Å². The predicted octanol–water partition coefficient (Wildman–Crippen LogP) is 3.26. The molecular formula is C17H24O2. The molecule has 0 amide bonds. The Hall–Kier alpha value is -0.860. The Labute approximate surface area is 115 Å². The van der Waals surface area contributed by atoms with Crippen LogP contribution in [0.4, 0.5) is 0 Å². The third-order valence-electron chi connectivity index (χ3n) is 4.69. The van der Waals surface area contributed by atoms with Gasteiger partial charge < -0.3 is 9.84 Å². The van der Waals surface area contributed by atoms with Gasteiger partial charge in [0, 0.05) is 13.0 Å².